The third-order valence-electron chi connectivity index (χ3n) is 11.5. The van der Waals surface area contributed by atoms with E-state index < -0.39 is 52.5 Å². The van der Waals surface area contributed by atoms with Crippen LogP contribution in [0, 0.1) is 23.7 Å². The lowest BCUT2D eigenvalue weighted by Crippen LogP contribution is -2.49. The second kappa shape index (κ2) is 11.5. The number of benzene rings is 1. The highest BCUT2D eigenvalue weighted by molar-refractivity contribution is 6.74. The molecule has 0 aromatic heterocycles. The summed E-state index contributed by atoms with van der Waals surface area (Å²) in [5.41, 5.74) is 0.744. The summed E-state index contributed by atoms with van der Waals surface area (Å²) in [6.07, 6.45) is 2.95. The van der Waals surface area contributed by atoms with Crippen molar-refractivity contribution >= 4 is 39.8 Å². The van der Waals surface area contributed by atoms with Gasteiger partial charge in [0.1, 0.15) is 0 Å². The van der Waals surface area contributed by atoms with Gasteiger partial charge < -0.3 is 18.3 Å². The Morgan fingerprint density at radius 3 is 1.15 bits per heavy atom. The molecule has 0 saturated carbocycles. The Hall–Kier alpha value is -2.67. The van der Waals surface area contributed by atoms with Crippen LogP contribution in [0.2, 0.25) is 36.3 Å². The highest BCUT2D eigenvalue weighted by atomic mass is 28.4. The average Bonchev–Trinajstić information content (AvgIpc) is 2.95. The van der Waals surface area contributed by atoms with E-state index >= 15 is 0 Å². The van der Waals surface area contributed by atoms with Crippen molar-refractivity contribution < 1.29 is 37.5 Å². The molecule has 0 radical (unpaired) electrons. The first kappa shape index (κ1) is 34.7. The van der Waals surface area contributed by atoms with Crippen LogP contribution in [0.4, 0.5) is 0 Å². The van der Waals surface area contributed by atoms with Crippen molar-refractivity contribution in [1.82, 2.24) is 0 Å². The van der Waals surface area contributed by atoms with Crippen molar-refractivity contribution in [3.05, 3.63) is 58.1 Å². The van der Waals surface area contributed by atoms with Gasteiger partial charge in [-0.05, 0) is 60.5 Å². The number of methoxy groups -OCH3 is 2. The molecule has 0 heterocycles. The van der Waals surface area contributed by atoms with Gasteiger partial charge in [-0.15, -0.1) is 0 Å². The normalized spacial score (nSPS) is 28.4. The molecular formula is C36H50O8Si2. The van der Waals surface area contributed by atoms with Crippen molar-refractivity contribution in [2.24, 2.45) is 23.7 Å². The maximum Gasteiger partial charge on any atom is 0.250 e. The van der Waals surface area contributed by atoms with Crippen LogP contribution in [-0.2, 0) is 18.3 Å². The Morgan fingerprint density at radius 2 is 0.870 bits per heavy atom. The topological polar surface area (TPSA) is 105 Å². The molecule has 0 fully saturated rings. The third kappa shape index (κ3) is 5.63. The van der Waals surface area contributed by atoms with Crippen LogP contribution in [-0.4, -0.2) is 66.2 Å². The fourth-order valence-electron chi connectivity index (χ4n) is 6.75. The molecule has 0 bridgehead atoms. The summed E-state index contributed by atoms with van der Waals surface area (Å²) in [6, 6.07) is 2.98. The number of carbonyl (C=O) groups excluding carboxylic acids is 4. The molecule has 0 N–H and O–H groups in total. The van der Waals surface area contributed by atoms with Gasteiger partial charge in [0.25, 0.3) is 0 Å². The van der Waals surface area contributed by atoms with Crippen LogP contribution >= 0.6 is 0 Å². The van der Waals surface area contributed by atoms with Crippen LogP contribution in [0.3, 0.4) is 0 Å². The highest BCUT2D eigenvalue weighted by Crippen LogP contribution is 2.48. The van der Waals surface area contributed by atoms with E-state index in [0.717, 1.165) is 0 Å². The minimum Gasteiger partial charge on any atom is -0.547 e. The predicted molar refractivity (Wildman–Crippen MR) is 181 cm³/mol. The molecule has 1 aromatic rings. The summed E-state index contributed by atoms with van der Waals surface area (Å²) in [5.74, 6) is -2.47. The van der Waals surface area contributed by atoms with Crippen molar-refractivity contribution in [1.29, 1.82) is 0 Å². The van der Waals surface area contributed by atoms with Crippen molar-refractivity contribution in [3.8, 4) is 0 Å². The van der Waals surface area contributed by atoms with Gasteiger partial charge in [0.15, 0.2) is 23.1 Å². The van der Waals surface area contributed by atoms with E-state index in [-0.39, 0.29) is 68.3 Å². The number of hydrogen-bond acceptors (Lipinski definition) is 8. The van der Waals surface area contributed by atoms with E-state index in [1.165, 1.54) is 26.4 Å². The van der Waals surface area contributed by atoms with E-state index in [4.69, 9.17) is 18.3 Å². The zero-order chi connectivity index (χ0) is 34.3. The number of fused-ring (bicyclic) bond motifs is 4. The first-order valence-electron chi connectivity index (χ1n) is 16.3. The second-order valence-electron chi connectivity index (χ2n) is 16.5. The minimum absolute atomic E-state index is 0.0535. The minimum atomic E-state index is -2.22. The summed E-state index contributed by atoms with van der Waals surface area (Å²) in [5, 5.41) is -0.107. The molecule has 1 aromatic carbocycles. The Morgan fingerprint density at radius 1 is 0.565 bits per heavy atom. The zero-order valence-electron chi connectivity index (χ0n) is 29.5. The molecule has 10 heteroatoms. The first-order valence-corrected chi connectivity index (χ1v) is 22.1. The third-order valence-corrected chi connectivity index (χ3v) is 20.3. The molecule has 250 valence electrons. The maximum atomic E-state index is 14.2. The van der Waals surface area contributed by atoms with Crippen LogP contribution in [0.1, 0.15) is 95.8 Å². The predicted octanol–water partition coefficient (Wildman–Crippen LogP) is 7.56. The van der Waals surface area contributed by atoms with Gasteiger partial charge in [-0.1, -0.05) is 41.5 Å². The first-order chi connectivity index (χ1) is 21.1. The summed E-state index contributed by atoms with van der Waals surface area (Å²) < 4.78 is 24.7. The van der Waals surface area contributed by atoms with Crippen LogP contribution in [0.5, 0.6) is 0 Å². The van der Waals surface area contributed by atoms with Crippen LogP contribution in [0.15, 0.2) is 35.8 Å². The molecule has 0 spiro atoms. The van der Waals surface area contributed by atoms with E-state index in [2.05, 4.69) is 67.7 Å². The largest absolute Gasteiger partial charge is 0.547 e. The lowest BCUT2D eigenvalue weighted by molar-refractivity contribution is 0.0316. The average molecular weight is 667 g/mol. The van der Waals surface area contributed by atoms with E-state index in [0.29, 0.717) is 11.5 Å². The smallest absolute Gasteiger partial charge is 0.250 e. The van der Waals surface area contributed by atoms with Crippen LogP contribution in [0.25, 0.3) is 0 Å². The lowest BCUT2D eigenvalue weighted by atomic mass is 9.64. The number of carbonyl (C=O) groups is 4. The van der Waals surface area contributed by atoms with Crippen molar-refractivity contribution in [2.45, 2.75) is 103 Å². The van der Waals surface area contributed by atoms with Gasteiger partial charge in [0.2, 0.25) is 16.6 Å². The molecular weight excluding hydrogens is 617 g/mol. The summed E-state index contributed by atoms with van der Waals surface area (Å²) in [4.78, 5) is 56.6. The van der Waals surface area contributed by atoms with Gasteiger partial charge in [-0.25, -0.2) is 0 Å². The van der Waals surface area contributed by atoms with Gasteiger partial charge >= 0.3 is 0 Å². The van der Waals surface area contributed by atoms with E-state index in [1.54, 1.807) is 0 Å². The summed E-state index contributed by atoms with van der Waals surface area (Å²) in [7, 11) is -1.38. The molecule has 8 nitrogen and oxygen atoms in total. The molecule has 6 atom stereocenters. The van der Waals surface area contributed by atoms with Gasteiger partial charge in [0.05, 0.1) is 35.6 Å². The van der Waals surface area contributed by atoms with Gasteiger partial charge in [0, 0.05) is 61.2 Å². The molecule has 4 aliphatic carbocycles. The summed E-state index contributed by atoms with van der Waals surface area (Å²) in [6.45, 7) is 21.5. The monoisotopic (exact) mass is 666 g/mol. The number of rotatable bonds is 6. The van der Waals surface area contributed by atoms with E-state index in [9.17, 15) is 19.2 Å². The maximum absolute atomic E-state index is 14.2. The standard InChI is InChI=1S/C36H50O8Si2/c1-35(2,3)45(9,10)43-19-13-25-29(27(15-19)41-7)33(39)23-18-22-24(17-21(23)31(25)37)34(40)30-26(32(22)38)14-20(16-28(30)42-8)44-46(11,12)36(4,5)6/h15-18,25-30H,13-14H2,1-12H3. The molecule has 0 amide bonds. The number of Topliss-reactive ketones (excluding diaryl/α,β-unsaturated/α-hetero) is 4. The quantitative estimate of drug-likeness (QED) is 0.287. The van der Waals surface area contributed by atoms with Gasteiger partial charge in [-0.2, -0.15) is 0 Å². The fourth-order valence-corrected chi connectivity index (χ4v) is 8.97. The molecule has 6 unspecified atom stereocenters. The molecule has 5 rings (SSSR count). The number of allylic oxidation sites excluding steroid dienone is 2. The SMILES string of the molecule is COC1C=C(O[Si](C)(C)C(C)(C)C)CC2C(=O)c3cc4c(cc3C(=O)C12)C(=O)C1CC(O[Si](C)(C)C(C)(C)C)=CC(OC)C1C4=O. The molecule has 46 heavy (non-hydrogen) atoms. The highest BCUT2D eigenvalue weighted by Gasteiger charge is 2.53. The molecule has 4 aliphatic rings. The Labute approximate surface area is 275 Å². The van der Waals surface area contributed by atoms with Crippen LogP contribution < -0.4 is 0 Å². The van der Waals surface area contributed by atoms with Crippen molar-refractivity contribution in [3.63, 3.8) is 0 Å². The Balaban J connectivity index is 1.51. The molecule has 0 aliphatic heterocycles. The lowest BCUT2D eigenvalue weighted by Gasteiger charge is -2.43. The Kier molecular flexibility index (Phi) is 8.66. The van der Waals surface area contributed by atoms with Gasteiger partial charge in [-0.3, -0.25) is 19.2 Å². The number of hydrogen-bond donors (Lipinski definition) is 0. The number of ketones is 4. The fraction of sp³-hybridized carbons (Fsp3) is 0.611. The van der Waals surface area contributed by atoms with Crippen molar-refractivity contribution in [2.75, 3.05) is 14.2 Å². The second-order valence-corrected chi connectivity index (χ2v) is 25.9. The summed E-state index contributed by atoms with van der Waals surface area (Å²) >= 11 is 0. The number of ether oxygens (including phenoxy) is 2. The van der Waals surface area contributed by atoms with E-state index in [1.807, 2.05) is 12.2 Å². The Bertz CT molecular complexity index is 1440. The zero-order valence-corrected chi connectivity index (χ0v) is 31.5. The molecule has 0 saturated heterocycles.